The first kappa shape index (κ1) is 16.6. The number of carbonyl (C=O) groups is 1. The molecule has 10 heteroatoms. The van der Waals surface area contributed by atoms with Gasteiger partial charge in [-0.05, 0) is 5.56 Å². The zero-order valence-electron chi connectivity index (χ0n) is 10.6. The number of ether oxygens (including phenoxy) is 1. The summed E-state index contributed by atoms with van der Waals surface area (Å²) in [5, 5.41) is 2.13. The average molecular weight is 307 g/mol. The Hall–Kier alpha value is -1.48. The van der Waals surface area contributed by atoms with Crippen LogP contribution in [-0.2, 0) is 35.0 Å². The molecule has 0 aliphatic rings. The molecule has 0 bridgehead atoms. The van der Waals surface area contributed by atoms with Crippen LogP contribution in [-0.4, -0.2) is 24.8 Å². The van der Waals surface area contributed by atoms with E-state index in [2.05, 4.69) is 24.4 Å². The highest BCUT2D eigenvalue weighted by atomic mass is 31.2. The first-order valence-electron chi connectivity index (χ1n) is 5.34. The number of amides is 1. The number of nitrogens with one attached hydrogen (secondary N) is 1. The van der Waals surface area contributed by atoms with Crippen LogP contribution in [0.4, 0.5) is 4.79 Å². The minimum Gasteiger partial charge on any atom is -0.445 e. The van der Waals surface area contributed by atoms with E-state index in [1.165, 1.54) is 0 Å². The third kappa shape index (κ3) is 7.19. The van der Waals surface area contributed by atoms with Crippen molar-refractivity contribution in [1.29, 1.82) is 0 Å². The molecule has 1 aromatic carbocycles. The highest BCUT2D eigenvalue weighted by Gasteiger charge is 2.23. The quantitative estimate of drug-likeness (QED) is 0.244. The molecule has 0 saturated heterocycles. The number of hydrogen-bond donors (Lipinski definition) is 2. The van der Waals surface area contributed by atoms with Crippen molar-refractivity contribution in [1.82, 2.24) is 5.32 Å². The summed E-state index contributed by atoms with van der Waals surface area (Å²) >= 11 is 0. The van der Waals surface area contributed by atoms with Crippen molar-refractivity contribution in [3.05, 3.63) is 35.9 Å². The van der Waals surface area contributed by atoms with Gasteiger partial charge in [0.25, 0.3) is 0 Å². The molecule has 20 heavy (non-hydrogen) atoms. The third-order valence-electron chi connectivity index (χ3n) is 1.80. The van der Waals surface area contributed by atoms with E-state index in [1.807, 2.05) is 18.2 Å². The number of alkyl carbamates (subject to hydrolysis) is 1. The minimum absolute atomic E-state index is 0.0822. The zero-order valence-corrected chi connectivity index (χ0v) is 11.4. The largest absolute Gasteiger partial charge is 0.526 e. The van der Waals surface area contributed by atoms with Gasteiger partial charge in [-0.1, -0.05) is 30.3 Å². The summed E-state index contributed by atoms with van der Waals surface area (Å²) in [6, 6.07) is 9.03. The second kappa shape index (κ2) is 8.64. The highest BCUT2D eigenvalue weighted by molar-refractivity contribution is 7.47. The van der Waals surface area contributed by atoms with Crippen LogP contribution < -0.4 is 5.32 Å². The molecular weight excluding hydrogens is 293 g/mol. The lowest BCUT2D eigenvalue weighted by Crippen LogP contribution is -2.26. The Bertz CT molecular complexity index is 454. The van der Waals surface area contributed by atoms with Crippen molar-refractivity contribution >= 4 is 13.9 Å². The van der Waals surface area contributed by atoms with Crippen LogP contribution >= 0.6 is 7.82 Å². The number of carbonyl (C=O) groups excluding carboxylic acids is 1. The van der Waals surface area contributed by atoms with Crippen LogP contribution in [0, 0.1) is 0 Å². The van der Waals surface area contributed by atoms with Crippen LogP contribution in [0.5, 0.6) is 0 Å². The molecule has 0 radical (unpaired) electrons. The van der Waals surface area contributed by atoms with Crippen molar-refractivity contribution in [2.24, 2.45) is 0 Å². The van der Waals surface area contributed by atoms with Crippen LogP contribution in [0.15, 0.2) is 30.3 Å². The van der Waals surface area contributed by atoms with Crippen LogP contribution in [0.2, 0.25) is 0 Å². The lowest BCUT2D eigenvalue weighted by atomic mass is 10.2. The van der Waals surface area contributed by atoms with Crippen molar-refractivity contribution in [3.63, 3.8) is 0 Å². The van der Waals surface area contributed by atoms with Gasteiger partial charge in [-0.3, -0.25) is 10.2 Å². The maximum Gasteiger partial charge on any atom is 0.526 e. The fourth-order valence-corrected chi connectivity index (χ4v) is 1.46. The predicted molar refractivity (Wildman–Crippen MR) is 64.7 cm³/mol. The molecule has 1 unspecified atom stereocenters. The topological polar surface area (TPSA) is 113 Å². The second-order valence-corrected chi connectivity index (χ2v) is 4.52. The monoisotopic (exact) mass is 307 g/mol. The normalized spacial score (nSPS) is 13.5. The third-order valence-corrected chi connectivity index (χ3v) is 2.44. The van der Waals surface area contributed by atoms with Gasteiger partial charge in [0.05, 0.1) is 7.11 Å². The second-order valence-electron chi connectivity index (χ2n) is 3.28. The molecule has 0 aromatic heterocycles. The SMILES string of the molecule is COOP(=O)(O)OOCNC(=O)OCc1ccccc1. The Labute approximate surface area is 114 Å². The molecule has 0 aliphatic carbocycles. The maximum atomic E-state index is 11.2. The van der Waals surface area contributed by atoms with Crippen LogP contribution in [0.1, 0.15) is 5.56 Å². The molecular formula is C10H14NO8P. The zero-order chi connectivity index (χ0) is 14.8. The van der Waals surface area contributed by atoms with E-state index in [0.717, 1.165) is 12.7 Å². The van der Waals surface area contributed by atoms with E-state index in [4.69, 9.17) is 9.63 Å². The van der Waals surface area contributed by atoms with Gasteiger partial charge in [0.15, 0.2) is 6.73 Å². The van der Waals surface area contributed by atoms with Crippen molar-refractivity contribution in [2.75, 3.05) is 13.8 Å². The van der Waals surface area contributed by atoms with Crippen molar-refractivity contribution in [2.45, 2.75) is 6.61 Å². The van der Waals surface area contributed by atoms with Gasteiger partial charge in [0.1, 0.15) is 6.61 Å². The lowest BCUT2D eigenvalue weighted by molar-refractivity contribution is -0.270. The van der Waals surface area contributed by atoms with Gasteiger partial charge >= 0.3 is 13.9 Å². The molecule has 1 atom stereocenters. The molecule has 112 valence electrons. The summed E-state index contributed by atoms with van der Waals surface area (Å²) in [6.45, 7) is -0.427. The highest BCUT2D eigenvalue weighted by Crippen LogP contribution is 2.43. The molecule has 0 spiro atoms. The Morgan fingerprint density at radius 2 is 2.00 bits per heavy atom. The summed E-state index contributed by atoms with van der Waals surface area (Å²) in [6.07, 6.45) is -0.780. The first-order chi connectivity index (χ1) is 9.53. The molecule has 1 rings (SSSR count). The van der Waals surface area contributed by atoms with Gasteiger partial charge in [-0.2, -0.15) is 0 Å². The van der Waals surface area contributed by atoms with Gasteiger partial charge in [-0.15, -0.1) is 9.35 Å². The molecule has 0 saturated carbocycles. The van der Waals surface area contributed by atoms with E-state index >= 15 is 0 Å². The Balaban J connectivity index is 2.13. The number of hydrogen-bond acceptors (Lipinski definition) is 7. The van der Waals surface area contributed by atoms with Gasteiger partial charge in [0, 0.05) is 0 Å². The Kier molecular flexibility index (Phi) is 7.16. The fraction of sp³-hybridized carbons (Fsp3) is 0.300. The van der Waals surface area contributed by atoms with Crippen LogP contribution in [0.3, 0.4) is 0 Å². The maximum absolute atomic E-state index is 11.2. The van der Waals surface area contributed by atoms with Gasteiger partial charge in [-0.25, -0.2) is 19.1 Å². The average Bonchev–Trinajstić information content (AvgIpc) is 2.42. The fourth-order valence-electron chi connectivity index (χ4n) is 1.06. The minimum atomic E-state index is -4.45. The standard InChI is InChI=1S/C10H14NO8P/c1-15-18-20(13,14)19-17-8-11-10(12)16-7-9-5-3-2-4-6-9/h2-6H,7-8H2,1H3,(H,11,12)(H,13,14). The Morgan fingerprint density at radius 1 is 1.30 bits per heavy atom. The van der Waals surface area contributed by atoms with E-state index in [9.17, 15) is 9.36 Å². The lowest BCUT2D eigenvalue weighted by Gasteiger charge is -2.09. The van der Waals surface area contributed by atoms with E-state index < -0.39 is 20.6 Å². The van der Waals surface area contributed by atoms with E-state index in [-0.39, 0.29) is 6.61 Å². The number of benzene rings is 1. The summed E-state index contributed by atoms with van der Waals surface area (Å²) < 4.78 is 23.6. The summed E-state index contributed by atoms with van der Waals surface area (Å²) in [7, 11) is -3.43. The van der Waals surface area contributed by atoms with Crippen LogP contribution in [0.25, 0.3) is 0 Å². The van der Waals surface area contributed by atoms with Gasteiger partial charge < -0.3 is 4.74 Å². The molecule has 9 nitrogen and oxygen atoms in total. The predicted octanol–water partition coefficient (Wildman–Crippen LogP) is 1.50. The first-order valence-corrected chi connectivity index (χ1v) is 6.84. The van der Waals surface area contributed by atoms with Gasteiger partial charge in [0.2, 0.25) is 0 Å². The summed E-state index contributed by atoms with van der Waals surface area (Å²) in [5.74, 6) is 0. The number of phosphoric acid groups is 1. The molecule has 0 heterocycles. The smallest absolute Gasteiger partial charge is 0.445 e. The molecule has 0 aliphatic heterocycles. The summed E-state index contributed by atoms with van der Waals surface area (Å²) in [4.78, 5) is 28.2. The van der Waals surface area contributed by atoms with Crippen molar-refractivity contribution < 1.29 is 38.1 Å². The molecule has 2 N–H and O–H groups in total. The number of rotatable bonds is 8. The molecule has 1 aromatic rings. The van der Waals surface area contributed by atoms with E-state index in [1.54, 1.807) is 12.1 Å². The molecule has 1 amide bonds. The van der Waals surface area contributed by atoms with Crippen molar-refractivity contribution in [3.8, 4) is 0 Å². The van der Waals surface area contributed by atoms with E-state index in [0.29, 0.717) is 0 Å². The molecule has 0 fully saturated rings. The Morgan fingerprint density at radius 3 is 2.65 bits per heavy atom. The summed E-state index contributed by atoms with van der Waals surface area (Å²) in [5.41, 5.74) is 0.813.